The minimum absolute atomic E-state index is 0.0678. The zero-order valence-corrected chi connectivity index (χ0v) is 18.5. The highest BCUT2D eigenvalue weighted by molar-refractivity contribution is 6.01. The van der Waals surface area contributed by atoms with Gasteiger partial charge in [-0.05, 0) is 31.9 Å². The van der Waals surface area contributed by atoms with Crippen molar-refractivity contribution in [1.82, 2.24) is 34.4 Å². The second-order valence-corrected chi connectivity index (χ2v) is 8.21. The van der Waals surface area contributed by atoms with Crippen LogP contribution in [-0.4, -0.2) is 54.5 Å². The van der Waals surface area contributed by atoms with Gasteiger partial charge in [0.15, 0.2) is 0 Å². The van der Waals surface area contributed by atoms with Crippen molar-refractivity contribution in [2.24, 2.45) is 0 Å². The maximum Gasteiger partial charge on any atom is 0.329 e. The molecule has 5 heterocycles. The number of hydrogen-bond acceptors (Lipinski definition) is 8. The van der Waals surface area contributed by atoms with Crippen molar-refractivity contribution in [3.8, 4) is 11.3 Å². The molecule has 4 aromatic heterocycles. The topological polar surface area (TPSA) is 122 Å². The number of nitrogens with zero attached hydrogens (tertiary/aromatic N) is 6. The number of hydrogen-bond donors (Lipinski definition) is 2. The zero-order valence-electron chi connectivity index (χ0n) is 18.5. The molecule has 1 saturated heterocycles. The largest absolute Gasteiger partial charge is 0.375 e. The van der Waals surface area contributed by atoms with Gasteiger partial charge in [0.2, 0.25) is 5.95 Å². The summed E-state index contributed by atoms with van der Waals surface area (Å²) in [7, 11) is 1.75. The molecule has 0 bridgehead atoms. The fraction of sp³-hybridized carbons (Fsp3) is 0.304. The third kappa shape index (κ3) is 3.63. The molecule has 33 heavy (non-hydrogen) atoms. The molecule has 1 aliphatic rings. The summed E-state index contributed by atoms with van der Waals surface area (Å²) < 4.78 is 1.69. The molecule has 0 aromatic carbocycles. The maximum atomic E-state index is 13.0. The molecule has 168 valence electrons. The van der Waals surface area contributed by atoms with E-state index in [4.69, 9.17) is 4.98 Å². The Kier molecular flexibility index (Phi) is 5.12. The molecule has 0 amide bonds. The van der Waals surface area contributed by atoms with Crippen LogP contribution in [0.3, 0.4) is 0 Å². The summed E-state index contributed by atoms with van der Waals surface area (Å²) in [6, 6.07) is 3.60. The number of fused-ring (bicyclic) bond motifs is 3. The molecule has 0 saturated carbocycles. The molecule has 10 heteroatoms. The van der Waals surface area contributed by atoms with E-state index in [0.29, 0.717) is 33.6 Å². The number of piperidine rings is 1. The van der Waals surface area contributed by atoms with Crippen LogP contribution >= 0.6 is 0 Å². The summed E-state index contributed by atoms with van der Waals surface area (Å²) in [6.07, 6.45) is 6.40. The van der Waals surface area contributed by atoms with E-state index >= 15 is 0 Å². The normalized spacial score (nSPS) is 14.7. The van der Waals surface area contributed by atoms with E-state index in [0.717, 1.165) is 37.2 Å². The predicted molar refractivity (Wildman–Crippen MR) is 127 cm³/mol. The predicted octanol–water partition coefficient (Wildman–Crippen LogP) is 2.30. The van der Waals surface area contributed by atoms with Crippen LogP contribution in [0.2, 0.25) is 0 Å². The van der Waals surface area contributed by atoms with Gasteiger partial charge in [-0.2, -0.15) is 0 Å². The van der Waals surface area contributed by atoms with Crippen LogP contribution in [-0.2, 0) is 0 Å². The quantitative estimate of drug-likeness (QED) is 0.460. The Balaban J connectivity index is 1.71. The fourth-order valence-electron chi connectivity index (χ4n) is 4.39. The van der Waals surface area contributed by atoms with Crippen LogP contribution in [0.4, 0.5) is 5.95 Å². The smallest absolute Gasteiger partial charge is 0.329 e. The third-order valence-corrected chi connectivity index (χ3v) is 6.15. The Morgan fingerprint density at radius 1 is 1.12 bits per heavy atom. The minimum atomic E-state index is -0.464. The highest BCUT2D eigenvalue weighted by Crippen LogP contribution is 2.29. The van der Waals surface area contributed by atoms with E-state index in [1.807, 2.05) is 19.1 Å². The van der Waals surface area contributed by atoms with Gasteiger partial charge in [-0.1, -0.05) is 6.58 Å². The molecule has 10 nitrogen and oxygen atoms in total. The monoisotopic (exact) mass is 444 g/mol. The van der Waals surface area contributed by atoms with E-state index < -0.39 is 11.2 Å². The zero-order chi connectivity index (χ0) is 23.1. The molecular weight excluding hydrogens is 420 g/mol. The third-order valence-electron chi connectivity index (χ3n) is 6.15. The van der Waals surface area contributed by atoms with E-state index in [1.165, 1.54) is 6.20 Å². The number of pyridine rings is 2. The summed E-state index contributed by atoms with van der Waals surface area (Å²) in [4.78, 5) is 48.1. The van der Waals surface area contributed by atoms with Crippen LogP contribution in [0.25, 0.3) is 33.2 Å². The van der Waals surface area contributed by atoms with E-state index in [1.54, 1.807) is 24.0 Å². The minimum Gasteiger partial charge on any atom is -0.375 e. The molecule has 0 aliphatic carbocycles. The van der Waals surface area contributed by atoms with Gasteiger partial charge in [0.25, 0.3) is 5.56 Å². The first-order chi connectivity index (χ1) is 16.0. The first-order valence-corrected chi connectivity index (χ1v) is 10.8. The second kappa shape index (κ2) is 8.12. The van der Waals surface area contributed by atoms with Gasteiger partial charge in [0.05, 0.1) is 22.1 Å². The van der Waals surface area contributed by atoms with Crippen molar-refractivity contribution < 1.29 is 0 Å². The Morgan fingerprint density at radius 2 is 1.85 bits per heavy atom. The van der Waals surface area contributed by atoms with E-state index in [-0.39, 0.29) is 6.04 Å². The van der Waals surface area contributed by atoms with Crippen molar-refractivity contribution in [3.05, 3.63) is 63.8 Å². The molecule has 1 aliphatic heterocycles. The van der Waals surface area contributed by atoms with Crippen LogP contribution in [0, 0.1) is 0 Å². The lowest BCUT2D eigenvalue weighted by molar-refractivity contribution is 0.228. The number of likely N-dealkylation sites (tertiary alicyclic amines) is 1. The summed E-state index contributed by atoms with van der Waals surface area (Å²) >= 11 is 0. The Morgan fingerprint density at radius 3 is 2.52 bits per heavy atom. The van der Waals surface area contributed by atoms with Crippen LogP contribution in [0.1, 0.15) is 25.8 Å². The molecule has 5 rings (SSSR count). The highest BCUT2D eigenvalue weighted by Gasteiger charge is 2.25. The van der Waals surface area contributed by atoms with E-state index in [2.05, 4.69) is 36.7 Å². The van der Waals surface area contributed by atoms with Crippen LogP contribution in [0.5, 0.6) is 0 Å². The lowest BCUT2D eigenvalue weighted by Crippen LogP contribution is -2.39. The van der Waals surface area contributed by atoms with Gasteiger partial charge in [-0.15, -0.1) is 0 Å². The Bertz CT molecular complexity index is 1480. The molecule has 2 N–H and O–H groups in total. The molecule has 1 fully saturated rings. The number of allylic oxidation sites excluding steroid dienone is 1. The fourth-order valence-corrected chi connectivity index (χ4v) is 4.39. The number of anilines is 1. The molecule has 0 atom stereocenters. The number of nitrogens with one attached hydrogen (secondary N) is 2. The summed E-state index contributed by atoms with van der Waals surface area (Å²) in [5, 5.41) is 3.23. The van der Waals surface area contributed by atoms with Gasteiger partial charge >= 0.3 is 5.69 Å². The van der Waals surface area contributed by atoms with Gasteiger partial charge < -0.3 is 10.2 Å². The number of aromatic nitrogens is 6. The number of aromatic amines is 1. The second-order valence-electron chi connectivity index (χ2n) is 8.21. The molecular formula is C23H24N8O2. The van der Waals surface area contributed by atoms with Gasteiger partial charge in [0.1, 0.15) is 5.52 Å². The van der Waals surface area contributed by atoms with Crippen molar-refractivity contribution in [2.75, 3.05) is 25.5 Å². The molecule has 4 aromatic rings. The Labute approximate surface area is 189 Å². The average molecular weight is 444 g/mol. The van der Waals surface area contributed by atoms with E-state index in [9.17, 15) is 9.59 Å². The summed E-state index contributed by atoms with van der Waals surface area (Å²) in [5.74, 6) is 0.508. The van der Waals surface area contributed by atoms with Crippen molar-refractivity contribution in [3.63, 3.8) is 0 Å². The lowest BCUT2D eigenvalue weighted by Gasteiger charge is -2.34. The number of H-pyrrole nitrogens is 1. The first-order valence-electron chi connectivity index (χ1n) is 10.8. The van der Waals surface area contributed by atoms with Crippen molar-refractivity contribution >= 4 is 27.9 Å². The summed E-state index contributed by atoms with van der Waals surface area (Å²) in [5.41, 5.74) is 3.11. The molecule has 0 radical (unpaired) electrons. The van der Waals surface area contributed by atoms with Crippen LogP contribution in [0.15, 0.2) is 52.6 Å². The molecule has 0 unspecified atom stereocenters. The Hall–Kier alpha value is -4.08. The number of rotatable bonds is 4. The highest BCUT2D eigenvalue weighted by atomic mass is 16.2. The van der Waals surface area contributed by atoms with Crippen molar-refractivity contribution in [2.45, 2.75) is 25.8 Å². The van der Waals surface area contributed by atoms with Gasteiger partial charge in [0, 0.05) is 56.0 Å². The SMILES string of the molecule is C=C(C)N1CCC(n2c(=O)[nH]c(=O)c3cnc4ccc(-c5cnc(NC)nc5)nc4c32)CC1. The maximum absolute atomic E-state index is 13.0. The average Bonchev–Trinajstić information content (AvgIpc) is 2.84. The van der Waals surface area contributed by atoms with Crippen LogP contribution < -0.4 is 16.6 Å². The lowest BCUT2D eigenvalue weighted by atomic mass is 10.0. The van der Waals surface area contributed by atoms with Crippen molar-refractivity contribution in [1.29, 1.82) is 0 Å². The summed E-state index contributed by atoms with van der Waals surface area (Å²) in [6.45, 7) is 7.60. The van der Waals surface area contributed by atoms with Gasteiger partial charge in [-0.3, -0.25) is 19.3 Å². The first kappa shape index (κ1) is 20.8. The standard InChI is InChI=1S/C23H24N8O2/c1-13(2)30-8-6-15(7-9-30)31-20-16(21(32)29-23(31)33)12-25-18-5-4-17(28-19(18)20)14-10-26-22(24-3)27-11-14/h4-5,10-12,15H,1,6-9H2,2-3H3,(H,24,26,27)(H,29,32,33). The molecule has 0 spiro atoms. The van der Waals surface area contributed by atoms with Gasteiger partial charge in [-0.25, -0.2) is 19.7 Å².